The first-order chi connectivity index (χ1) is 10.3. The van der Waals surface area contributed by atoms with Crippen LogP contribution in [0.15, 0.2) is 60.7 Å². The van der Waals surface area contributed by atoms with Crippen molar-refractivity contribution in [3.8, 4) is 5.75 Å². The van der Waals surface area contributed by atoms with E-state index in [4.69, 9.17) is 4.98 Å². The molecule has 2 heteroatoms. The van der Waals surface area contributed by atoms with Crippen molar-refractivity contribution in [2.24, 2.45) is 0 Å². The summed E-state index contributed by atoms with van der Waals surface area (Å²) < 4.78 is 0. The van der Waals surface area contributed by atoms with Crippen LogP contribution in [0.4, 0.5) is 0 Å². The summed E-state index contributed by atoms with van der Waals surface area (Å²) in [5.74, 6) is 0.528. The largest absolute Gasteiger partial charge is 0.508 e. The fraction of sp³-hybridized carbons (Fsp3) is 0.105. The third-order valence-corrected chi connectivity index (χ3v) is 4.12. The Bertz CT molecular complexity index is 851. The van der Waals surface area contributed by atoms with E-state index in [1.807, 2.05) is 36.4 Å². The van der Waals surface area contributed by atoms with E-state index >= 15 is 0 Å². The van der Waals surface area contributed by atoms with Gasteiger partial charge in [0.15, 0.2) is 0 Å². The average Bonchev–Trinajstić information content (AvgIpc) is 2.53. The number of hydrogen-bond acceptors (Lipinski definition) is 2. The summed E-state index contributed by atoms with van der Waals surface area (Å²) in [6.45, 7) is 0. The number of phenols is 1. The van der Waals surface area contributed by atoms with Crippen LogP contribution < -0.4 is 0 Å². The second-order valence-corrected chi connectivity index (χ2v) is 5.41. The van der Waals surface area contributed by atoms with Gasteiger partial charge in [0, 0.05) is 16.9 Å². The van der Waals surface area contributed by atoms with Crippen LogP contribution in [0.25, 0.3) is 17.0 Å². The molecule has 3 aromatic rings. The van der Waals surface area contributed by atoms with Crippen molar-refractivity contribution in [3.63, 3.8) is 0 Å². The molecule has 102 valence electrons. The van der Waals surface area contributed by atoms with E-state index in [2.05, 4.69) is 24.3 Å². The van der Waals surface area contributed by atoms with Crippen LogP contribution in [0, 0.1) is 0 Å². The molecule has 21 heavy (non-hydrogen) atoms. The molecule has 0 bridgehead atoms. The maximum Gasteiger partial charge on any atom is 0.119 e. The number of hydrogen-bond donors (Lipinski definition) is 1. The number of aromatic nitrogens is 1. The minimum Gasteiger partial charge on any atom is -0.508 e. The lowest BCUT2D eigenvalue weighted by Crippen LogP contribution is -2.07. The molecule has 2 nitrogen and oxygen atoms in total. The van der Waals surface area contributed by atoms with Crippen molar-refractivity contribution < 1.29 is 5.11 Å². The van der Waals surface area contributed by atoms with Crippen LogP contribution in [0.1, 0.15) is 29.2 Å². The molecule has 2 aromatic carbocycles. The second kappa shape index (κ2) is 4.74. The Hall–Kier alpha value is -2.61. The SMILES string of the molecule is Oc1ccccc1C1CC=Cc2nc3ccccc3cc21. The number of allylic oxidation sites excluding steroid dienone is 1. The predicted molar refractivity (Wildman–Crippen MR) is 85.3 cm³/mol. The number of nitrogens with zero attached hydrogens (tertiary/aromatic N) is 1. The maximum atomic E-state index is 10.2. The van der Waals surface area contributed by atoms with Crippen molar-refractivity contribution >= 4 is 17.0 Å². The zero-order valence-electron chi connectivity index (χ0n) is 11.5. The smallest absolute Gasteiger partial charge is 0.119 e. The molecule has 1 unspecified atom stereocenters. The lowest BCUT2D eigenvalue weighted by atomic mass is 9.83. The number of para-hydroxylation sites is 2. The Balaban J connectivity index is 1.93. The molecular weight excluding hydrogens is 258 g/mol. The highest BCUT2D eigenvalue weighted by Crippen LogP contribution is 2.39. The highest BCUT2D eigenvalue weighted by atomic mass is 16.3. The van der Waals surface area contributed by atoms with E-state index in [0.717, 1.165) is 28.6 Å². The third kappa shape index (κ3) is 2.00. The van der Waals surface area contributed by atoms with Gasteiger partial charge >= 0.3 is 0 Å². The topological polar surface area (TPSA) is 33.1 Å². The number of phenolic OH excluding ortho intramolecular Hbond substituents is 1. The monoisotopic (exact) mass is 273 g/mol. The normalized spacial score (nSPS) is 16.9. The fourth-order valence-corrected chi connectivity index (χ4v) is 3.08. The third-order valence-electron chi connectivity index (χ3n) is 4.12. The standard InChI is InChI=1S/C19H15NO/c21-19-11-4-2-7-15(19)14-8-5-10-18-16(14)12-13-6-1-3-9-17(13)20-18/h1-7,9-12,14,21H,8H2. The predicted octanol–water partition coefficient (Wildman–Crippen LogP) is 4.49. The summed E-state index contributed by atoms with van der Waals surface area (Å²) >= 11 is 0. The lowest BCUT2D eigenvalue weighted by molar-refractivity contribution is 0.464. The first-order valence-corrected chi connectivity index (χ1v) is 7.17. The summed E-state index contributed by atoms with van der Waals surface area (Å²) in [6, 6.07) is 17.9. The summed E-state index contributed by atoms with van der Waals surface area (Å²) in [6.07, 6.45) is 5.12. The molecule has 0 spiro atoms. The van der Waals surface area contributed by atoms with Gasteiger partial charge in [0.05, 0.1) is 11.2 Å². The van der Waals surface area contributed by atoms with Crippen molar-refractivity contribution in [2.45, 2.75) is 12.3 Å². The summed E-state index contributed by atoms with van der Waals surface area (Å²) in [7, 11) is 0. The first-order valence-electron chi connectivity index (χ1n) is 7.17. The number of benzene rings is 2. The molecule has 1 heterocycles. The summed E-state index contributed by atoms with van der Waals surface area (Å²) in [4.78, 5) is 4.75. The van der Waals surface area contributed by atoms with E-state index in [9.17, 15) is 5.11 Å². The van der Waals surface area contributed by atoms with E-state index in [0.29, 0.717) is 5.75 Å². The minimum absolute atomic E-state index is 0.170. The molecule has 1 atom stereocenters. The number of fused-ring (bicyclic) bond motifs is 2. The quantitative estimate of drug-likeness (QED) is 0.708. The van der Waals surface area contributed by atoms with Gasteiger partial charge in [-0.15, -0.1) is 0 Å². The Labute approximate surface area is 123 Å². The molecule has 0 saturated heterocycles. The summed E-state index contributed by atoms with van der Waals surface area (Å²) in [5.41, 5.74) is 4.19. The number of aromatic hydroxyl groups is 1. The molecule has 1 aromatic heterocycles. The van der Waals surface area contributed by atoms with Crippen LogP contribution in [-0.4, -0.2) is 10.1 Å². The molecule has 0 aliphatic heterocycles. The molecule has 1 aliphatic carbocycles. The molecule has 0 saturated carbocycles. The van der Waals surface area contributed by atoms with Crippen molar-refractivity contribution in [1.82, 2.24) is 4.98 Å². The summed E-state index contributed by atoms with van der Waals surface area (Å²) in [5, 5.41) is 11.3. The van der Waals surface area contributed by atoms with Crippen LogP contribution in [-0.2, 0) is 0 Å². The zero-order valence-corrected chi connectivity index (χ0v) is 11.5. The van der Waals surface area contributed by atoms with Gasteiger partial charge < -0.3 is 5.11 Å². The van der Waals surface area contributed by atoms with Crippen molar-refractivity contribution in [3.05, 3.63) is 77.5 Å². The van der Waals surface area contributed by atoms with E-state index in [1.165, 1.54) is 5.56 Å². The maximum absolute atomic E-state index is 10.2. The zero-order chi connectivity index (χ0) is 14.2. The van der Waals surface area contributed by atoms with Gasteiger partial charge in [-0.2, -0.15) is 0 Å². The van der Waals surface area contributed by atoms with E-state index in [1.54, 1.807) is 6.07 Å². The van der Waals surface area contributed by atoms with Crippen LogP contribution in [0.2, 0.25) is 0 Å². The number of pyridine rings is 1. The van der Waals surface area contributed by atoms with Crippen LogP contribution in [0.5, 0.6) is 5.75 Å². The highest BCUT2D eigenvalue weighted by Gasteiger charge is 2.22. The first kappa shape index (κ1) is 12.2. The molecule has 0 radical (unpaired) electrons. The number of rotatable bonds is 1. The van der Waals surface area contributed by atoms with Crippen molar-refractivity contribution in [1.29, 1.82) is 0 Å². The van der Waals surface area contributed by atoms with Gasteiger partial charge in [-0.05, 0) is 36.3 Å². The van der Waals surface area contributed by atoms with Crippen molar-refractivity contribution in [2.75, 3.05) is 0 Å². The van der Waals surface area contributed by atoms with E-state index < -0.39 is 0 Å². The molecule has 0 amide bonds. The Kier molecular flexibility index (Phi) is 2.74. The average molecular weight is 273 g/mol. The Morgan fingerprint density at radius 2 is 1.76 bits per heavy atom. The molecule has 4 rings (SSSR count). The fourth-order valence-electron chi connectivity index (χ4n) is 3.08. The molecular formula is C19H15NO. The Morgan fingerprint density at radius 3 is 2.67 bits per heavy atom. The lowest BCUT2D eigenvalue weighted by Gasteiger charge is -2.23. The van der Waals surface area contributed by atoms with Gasteiger partial charge in [-0.1, -0.05) is 42.5 Å². The van der Waals surface area contributed by atoms with Gasteiger partial charge in [0.1, 0.15) is 5.75 Å². The van der Waals surface area contributed by atoms with Gasteiger partial charge in [0.25, 0.3) is 0 Å². The van der Waals surface area contributed by atoms with Crippen LogP contribution >= 0.6 is 0 Å². The van der Waals surface area contributed by atoms with Gasteiger partial charge in [-0.25, -0.2) is 4.98 Å². The Morgan fingerprint density at radius 1 is 0.952 bits per heavy atom. The van der Waals surface area contributed by atoms with E-state index in [-0.39, 0.29) is 5.92 Å². The van der Waals surface area contributed by atoms with Crippen LogP contribution in [0.3, 0.4) is 0 Å². The highest BCUT2D eigenvalue weighted by molar-refractivity contribution is 5.81. The van der Waals surface area contributed by atoms with Gasteiger partial charge in [-0.3, -0.25) is 0 Å². The second-order valence-electron chi connectivity index (χ2n) is 5.41. The molecule has 1 aliphatic rings. The molecule has 0 fully saturated rings. The van der Waals surface area contributed by atoms with Gasteiger partial charge in [0.2, 0.25) is 0 Å². The minimum atomic E-state index is 0.170. The molecule has 1 N–H and O–H groups in total.